The van der Waals surface area contributed by atoms with Gasteiger partial charge in [0.05, 0.1) is 13.3 Å². The van der Waals surface area contributed by atoms with Crippen molar-refractivity contribution in [2.24, 2.45) is 5.16 Å². The van der Waals surface area contributed by atoms with Crippen LogP contribution in [0.15, 0.2) is 41.6 Å². The van der Waals surface area contributed by atoms with Gasteiger partial charge in [0.1, 0.15) is 6.61 Å². The Hall–Kier alpha value is -1.91. The van der Waals surface area contributed by atoms with Crippen LogP contribution in [0.4, 0.5) is 0 Å². The Balaban J connectivity index is 2.20. The molecular formula is C15H13Cl2NO3. The van der Waals surface area contributed by atoms with Crippen molar-refractivity contribution in [1.29, 1.82) is 0 Å². The van der Waals surface area contributed by atoms with Gasteiger partial charge >= 0.3 is 0 Å². The van der Waals surface area contributed by atoms with E-state index in [2.05, 4.69) is 5.16 Å². The molecule has 0 heterocycles. The Kier molecular flexibility index (Phi) is 5.31. The van der Waals surface area contributed by atoms with E-state index < -0.39 is 0 Å². The first-order valence-electron chi connectivity index (χ1n) is 6.07. The fourth-order valence-electron chi connectivity index (χ4n) is 1.77. The average molecular weight is 326 g/mol. The summed E-state index contributed by atoms with van der Waals surface area (Å²) in [5, 5.41) is 12.6. The number of methoxy groups -OCH3 is 1. The second-order valence-corrected chi connectivity index (χ2v) is 4.96. The molecule has 4 nitrogen and oxygen atoms in total. The van der Waals surface area contributed by atoms with Crippen LogP contribution in [0.25, 0.3) is 0 Å². The summed E-state index contributed by atoms with van der Waals surface area (Å²) in [6.07, 6.45) is 1.30. The highest BCUT2D eigenvalue weighted by molar-refractivity contribution is 6.35. The fourth-order valence-corrected chi connectivity index (χ4v) is 2.28. The van der Waals surface area contributed by atoms with Crippen LogP contribution >= 0.6 is 23.2 Å². The van der Waals surface area contributed by atoms with Gasteiger partial charge in [-0.05, 0) is 30.3 Å². The Morgan fingerprint density at radius 3 is 2.48 bits per heavy atom. The minimum atomic E-state index is 0.225. The largest absolute Gasteiger partial charge is 0.493 e. The summed E-state index contributed by atoms with van der Waals surface area (Å²) in [6, 6.07) is 10.4. The third kappa shape index (κ3) is 3.80. The van der Waals surface area contributed by atoms with E-state index in [1.54, 1.807) is 36.4 Å². The monoisotopic (exact) mass is 325 g/mol. The van der Waals surface area contributed by atoms with Crippen molar-refractivity contribution in [1.82, 2.24) is 0 Å². The van der Waals surface area contributed by atoms with Crippen LogP contribution in [0.5, 0.6) is 11.5 Å². The molecule has 0 atom stereocenters. The van der Waals surface area contributed by atoms with Crippen LogP contribution in [-0.2, 0) is 6.61 Å². The maximum Gasteiger partial charge on any atom is 0.161 e. The molecule has 0 fully saturated rings. The van der Waals surface area contributed by atoms with Gasteiger partial charge in [0, 0.05) is 21.2 Å². The van der Waals surface area contributed by atoms with Crippen LogP contribution in [0.2, 0.25) is 10.0 Å². The Labute approximate surface area is 132 Å². The van der Waals surface area contributed by atoms with Crippen molar-refractivity contribution in [3.8, 4) is 11.5 Å². The average Bonchev–Trinajstić information content (AvgIpc) is 2.48. The number of nitrogens with zero attached hydrogens (tertiary/aromatic N) is 1. The molecule has 0 amide bonds. The number of halogens is 2. The lowest BCUT2D eigenvalue weighted by Crippen LogP contribution is -2.00. The summed E-state index contributed by atoms with van der Waals surface area (Å²) in [4.78, 5) is 0. The number of hydrogen-bond donors (Lipinski definition) is 1. The van der Waals surface area contributed by atoms with Crippen LogP contribution < -0.4 is 9.47 Å². The second kappa shape index (κ2) is 7.20. The predicted octanol–water partition coefficient (Wildman–Crippen LogP) is 4.39. The minimum absolute atomic E-state index is 0.225. The predicted molar refractivity (Wildman–Crippen MR) is 83.2 cm³/mol. The third-order valence-corrected chi connectivity index (χ3v) is 3.54. The number of oxime groups is 1. The van der Waals surface area contributed by atoms with Gasteiger partial charge in [-0.2, -0.15) is 0 Å². The van der Waals surface area contributed by atoms with Gasteiger partial charge in [0.25, 0.3) is 0 Å². The topological polar surface area (TPSA) is 51.0 Å². The molecule has 0 radical (unpaired) electrons. The van der Waals surface area contributed by atoms with Crippen LogP contribution in [0.3, 0.4) is 0 Å². The molecule has 0 bridgehead atoms. The summed E-state index contributed by atoms with van der Waals surface area (Å²) in [6.45, 7) is 0.225. The van der Waals surface area contributed by atoms with E-state index in [0.29, 0.717) is 32.7 Å². The van der Waals surface area contributed by atoms with Crippen molar-refractivity contribution in [2.75, 3.05) is 7.11 Å². The van der Waals surface area contributed by atoms with Gasteiger partial charge < -0.3 is 14.7 Å². The Morgan fingerprint density at radius 2 is 1.86 bits per heavy atom. The fraction of sp³-hybridized carbons (Fsp3) is 0.133. The van der Waals surface area contributed by atoms with Crippen molar-refractivity contribution in [2.45, 2.75) is 6.61 Å². The molecule has 0 aliphatic heterocycles. The molecule has 21 heavy (non-hydrogen) atoms. The molecule has 0 aliphatic rings. The van der Waals surface area contributed by atoms with E-state index in [1.807, 2.05) is 0 Å². The summed E-state index contributed by atoms with van der Waals surface area (Å²) < 4.78 is 11.0. The lowest BCUT2D eigenvalue weighted by molar-refractivity contribution is 0.284. The second-order valence-electron chi connectivity index (χ2n) is 4.14. The lowest BCUT2D eigenvalue weighted by atomic mass is 10.2. The Morgan fingerprint density at radius 1 is 1.14 bits per heavy atom. The van der Waals surface area contributed by atoms with Crippen molar-refractivity contribution in [3.63, 3.8) is 0 Å². The van der Waals surface area contributed by atoms with Gasteiger partial charge in [-0.25, -0.2) is 0 Å². The number of ether oxygens (including phenoxy) is 2. The molecule has 0 saturated carbocycles. The van der Waals surface area contributed by atoms with Gasteiger partial charge in [0.2, 0.25) is 0 Å². The molecule has 0 aliphatic carbocycles. The van der Waals surface area contributed by atoms with Crippen LogP contribution in [-0.4, -0.2) is 18.5 Å². The zero-order valence-electron chi connectivity index (χ0n) is 11.2. The third-order valence-electron chi connectivity index (χ3n) is 2.83. The van der Waals surface area contributed by atoms with E-state index in [1.165, 1.54) is 13.3 Å². The molecule has 0 aromatic heterocycles. The molecule has 0 unspecified atom stereocenters. The first-order chi connectivity index (χ1) is 10.2. The van der Waals surface area contributed by atoms with Gasteiger partial charge in [-0.1, -0.05) is 34.4 Å². The number of rotatable bonds is 5. The van der Waals surface area contributed by atoms with Crippen molar-refractivity contribution >= 4 is 29.4 Å². The highest BCUT2D eigenvalue weighted by Crippen LogP contribution is 2.31. The maximum atomic E-state index is 8.53. The summed E-state index contributed by atoms with van der Waals surface area (Å²) in [5.41, 5.74) is 1.40. The van der Waals surface area contributed by atoms with Gasteiger partial charge in [-0.15, -0.1) is 0 Å². The lowest BCUT2D eigenvalue weighted by Gasteiger charge is -2.12. The molecule has 2 aromatic rings. The SMILES string of the molecule is COc1cc(/C=N/O)ccc1OCc1c(Cl)cccc1Cl. The van der Waals surface area contributed by atoms with E-state index >= 15 is 0 Å². The van der Waals surface area contributed by atoms with Gasteiger partial charge in [-0.3, -0.25) is 0 Å². The highest BCUT2D eigenvalue weighted by Gasteiger charge is 2.09. The standard InChI is InChI=1S/C15H13Cl2NO3/c1-20-15-7-10(8-18-19)5-6-14(15)21-9-11-12(16)3-2-4-13(11)17/h2-8,19H,9H2,1H3/b18-8+. The normalized spacial score (nSPS) is 10.8. The summed E-state index contributed by atoms with van der Waals surface area (Å²) in [5.74, 6) is 1.07. The maximum absolute atomic E-state index is 8.53. The molecule has 1 N–H and O–H groups in total. The highest BCUT2D eigenvalue weighted by atomic mass is 35.5. The quantitative estimate of drug-likeness (QED) is 0.504. The Bertz CT molecular complexity index is 639. The zero-order valence-corrected chi connectivity index (χ0v) is 12.7. The smallest absolute Gasteiger partial charge is 0.161 e. The summed E-state index contributed by atoms with van der Waals surface area (Å²) in [7, 11) is 1.53. The van der Waals surface area contributed by atoms with E-state index in [0.717, 1.165) is 0 Å². The van der Waals surface area contributed by atoms with Crippen molar-refractivity contribution in [3.05, 3.63) is 57.6 Å². The minimum Gasteiger partial charge on any atom is -0.493 e. The molecule has 6 heteroatoms. The van der Waals surface area contributed by atoms with Crippen LogP contribution in [0.1, 0.15) is 11.1 Å². The summed E-state index contributed by atoms with van der Waals surface area (Å²) >= 11 is 12.2. The first-order valence-corrected chi connectivity index (χ1v) is 6.82. The molecular weight excluding hydrogens is 313 g/mol. The zero-order chi connectivity index (χ0) is 15.2. The first kappa shape index (κ1) is 15.5. The van der Waals surface area contributed by atoms with E-state index in [-0.39, 0.29) is 6.61 Å². The van der Waals surface area contributed by atoms with E-state index in [9.17, 15) is 0 Å². The van der Waals surface area contributed by atoms with Crippen molar-refractivity contribution < 1.29 is 14.7 Å². The van der Waals surface area contributed by atoms with Crippen LogP contribution in [0, 0.1) is 0 Å². The molecule has 0 saturated heterocycles. The molecule has 110 valence electrons. The molecule has 2 rings (SSSR count). The molecule has 0 spiro atoms. The van der Waals surface area contributed by atoms with Gasteiger partial charge in [0.15, 0.2) is 11.5 Å². The number of hydrogen-bond acceptors (Lipinski definition) is 4. The van der Waals surface area contributed by atoms with E-state index in [4.69, 9.17) is 37.9 Å². The number of benzene rings is 2. The molecule has 2 aromatic carbocycles.